The number of nitrogens with one attached hydrogen (secondary N) is 2. The average molecular weight is 274 g/mol. The van der Waals surface area contributed by atoms with E-state index in [1.54, 1.807) is 6.07 Å². The number of anilines is 2. The van der Waals surface area contributed by atoms with Gasteiger partial charge in [-0.2, -0.15) is 4.98 Å². The summed E-state index contributed by atoms with van der Waals surface area (Å²) in [6.45, 7) is 0. The molecular formula is C8H8ClN5O2S. The normalized spacial score (nSPS) is 11.4. The van der Waals surface area contributed by atoms with Gasteiger partial charge < -0.3 is 5.73 Å². The van der Waals surface area contributed by atoms with Crippen LogP contribution in [-0.4, -0.2) is 23.6 Å². The topological polar surface area (TPSA) is 114 Å². The minimum atomic E-state index is -3.76. The third kappa shape index (κ3) is 2.66. The number of hydrogen-bond acceptors (Lipinski definition) is 5. The van der Waals surface area contributed by atoms with Gasteiger partial charge in [0, 0.05) is 5.02 Å². The Hall–Kier alpha value is -1.80. The zero-order valence-electron chi connectivity index (χ0n) is 8.38. The number of halogens is 1. The Morgan fingerprint density at radius 3 is 2.76 bits per heavy atom. The summed E-state index contributed by atoms with van der Waals surface area (Å²) in [5.74, 6) is -0.101. The summed E-state index contributed by atoms with van der Waals surface area (Å²) in [6.07, 6.45) is 0. The molecule has 0 radical (unpaired) electrons. The summed E-state index contributed by atoms with van der Waals surface area (Å²) >= 11 is 5.71. The highest BCUT2D eigenvalue weighted by Crippen LogP contribution is 2.17. The number of rotatable bonds is 3. The molecule has 0 fully saturated rings. The molecule has 2 rings (SSSR count). The number of aromatic amines is 1. The Morgan fingerprint density at radius 1 is 1.41 bits per heavy atom. The molecule has 0 saturated heterocycles. The Balaban J connectivity index is 2.31. The van der Waals surface area contributed by atoms with E-state index in [4.69, 9.17) is 17.3 Å². The average Bonchev–Trinajstić information content (AvgIpc) is 2.63. The minimum Gasteiger partial charge on any atom is -0.368 e. The molecule has 90 valence electrons. The van der Waals surface area contributed by atoms with E-state index in [2.05, 4.69) is 19.9 Å². The van der Waals surface area contributed by atoms with Gasteiger partial charge in [0.05, 0.1) is 4.90 Å². The van der Waals surface area contributed by atoms with Crippen LogP contribution in [0.2, 0.25) is 5.02 Å². The highest BCUT2D eigenvalue weighted by Gasteiger charge is 2.16. The molecule has 0 unspecified atom stereocenters. The second-order valence-corrected chi connectivity index (χ2v) is 5.23. The van der Waals surface area contributed by atoms with Crippen molar-refractivity contribution in [3.63, 3.8) is 0 Å². The maximum atomic E-state index is 11.9. The lowest BCUT2D eigenvalue weighted by Crippen LogP contribution is -2.13. The number of sulfonamides is 1. The lowest BCUT2D eigenvalue weighted by atomic mass is 10.4. The van der Waals surface area contributed by atoms with Crippen molar-refractivity contribution in [2.24, 2.45) is 0 Å². The molecule has 0 aliphatic rings. The van der Waals surface area contributed by atoms with Crippen LogP contribution in [0.15, 0.2) is 29.2 Å². The lowest BCUT2D eigenvalue weighted by Gasteiger charge is -2.04. The quantitative estimate of drug-likeness (QED) is 0.767. The molecule has 0 saturated carbocycles. The molecule has 17 heavy (non-hydrogen) atoms. The molecule has 7 nitrogen and oxygen atoms in total. The number of nitrogens with two attached hydrogens (primary N) is 1. The van der Waals surface area contributed by atoms with Crippen LogP contribution in [0.1, 0.15) is 0 Å². The van der Waals surface area contributed by atoms with Crippen LogP contribution < -0.4 is 10.5 Å². The molecule has 1 aromatic carbocycles. The predicted octanol–water partition coefficient (Wildman–Crippen LogP) is 0.841. The highest BCUT2D eigenvalue weighted by atomic mass is 35.5. The van der Waals surface area contributed by atoms with Crippen LogP contribution in [-0.2, 0) is 10.0 Å². The molecule has 0 aliphatic heterocycles. The number of nitrogens with zero attached hydrogens (tertiary/aromatic N) is 2. The number of aromatic nitrogens is 3. The van der Waals surface area contributed by atoms with Gasteiger partial charge in [0.1, 0.15) is 0 Å². The van der Waals surface area contributed by atoms with Gasteiger partial charge in [-0.1, -0.05) is 17.7 Å². The minimum absolute atomic E-state index is 0.0216. The molecule has 0 amide bonds. The van der Waals surface area contributed by atoms with Crippen molar-refractivity contribution in [1.29, 1.82) is 0 Å². The van der Waals surface area contributed by atoms with E-state index in [1.807, 2.05) is 0 Å². The van der Waals surface area contributed by atoms with E-state index in [0.717, 1.165) is 0 Å². The molecule has 0 spiro atoms. The smallest absolute Gasteiger partial charge is 0.264 e. The largest absolute Gasteiger partial charge is 0.368 e. The number of H-pyrrole nitrogens is 1. The van der Waals surface area contributed by atoms with E-state index in [-0.39, 0.29) is 16.8 Å². The molecule has 0 aliphatic carbocycles. The second-order valence-electron chi connectivity index (χ2n) is 3.11. The number of hydrogen-bond donors (Lipinski definition) is 3. The Morgan fingerprint density at radius 2 is 2.18 bits per heavy atom. The van der Waals surface area contributed by atoms with Crippen molar-refractivity contribution in [3.05, 3.63) is 29.3 Å². The van der Waals surface area contributed by atoms with Crippen molar-refractivity contribution in [3.8, 4) is 0 Å². The fraction of sp³-hybridized carbons (Fsp3) is 0. The summed E-state index contributed by atoms with van der Waals surface area (Å²) < 4.78 is 25.9. The van der Waals surface area contributed by atoms with Gasteiger partial charge in [0.25, 0.3) is 16.0 Å². The van der Waals surface area contributed by atoms with E-state index in [0.29, 0.717) is 5.02 Å². The molecular weight excluding hydrogens is 266 g/mol. The van der Waals surface area contributed by atoms with E-state index in [9.17, 15) is 8.42 Å². The van der Waals surface area contributed by atoms with Crippen LogP contribution in [0.3, 0.4) is 0 Å². The summed E-state index contributed by atoms with van der Waals surface area (Å²) in [5.41, 5.74) is 5.28. The molecule has 0 atom stereocenters. The van der Waals surface area contributed by atoms with Crippen molar-refractivity contribution in [1.82, 2.24) is 15.2 Å². The Labute approximate surface area is 102 Å². The highest BCUT2D eigenvalue weighted by molar-refractivity contribution is 7.92. The van der Waals surface area contributed by atoms with Crippen LogP contribution in [0, 0.1) is 0 Å². The molecule has 9 heteroatoms. The van der Waals surface area contributed by atoms with Gasteiger partial charge in [-0.25, -0.2) is 18.2 Å². The van der Waals surface area contributed by atoms with Crippen LogP contribution in [0.4, 0.5) is 11.9 Å². The van der Waals surface area contributed by atoms with E-state index >= 15 is 0 Å². The molecule has 1 heterocycles. The van der Waals surface area contributed by atoms with E-state index < -0.39 is 10.0 Å². The van der Waals surface area contributed by atoms with Crippen LogP contribution in [0.5, 0.6) is 0 Å². The van der Waals surface area contributed by atoms with Crippen molar-refractivity contribution >= 4 is 33.5 Å². The first-order valence-corrected chi connectivity index (χ1v) is 6.30. The van der Waals surface area contributed by atoms with Crippen molar-refractivity contribution in [2.75, 3.05) is 10.5 Å². The monoisotopic (exact) mass is 273 g/mol. The number of benzene rings is 1. The molecule has 0 bridgehead atoms. The zero-order valence-corrected chi connectivity index (χ0v) is 9.96. The lowest BCUT2D eigenvalue weighted by molar-refractivity contribution is 0.601. The molecule has 1 aromatic heterocycles. The van der Waals surface area contributed by atoms with Crippen LogP contribution in [0.25, 0.3) is 0 Å². The first-order valence-electron chi connectivity index (χ1n) is 4.44. The predicted molar refractivity (Wildman–Crippen MR) is 63.1 cm³/mol. The maximum Gasteiger partial charge on any atom is 0.264 e. The third-order valence-corrected chi connectivity index (χ3v) is 3.40. The Kier molecular flexibility index (Phi) is 2.90. The molecule has 4 N–H and O–H groups in total. The first-order chi connectivity index (χ1) is 7.97. The van der Waals surface area contributed by atoms with Gasteiger partial charge in [-0.15, -0.1) is 5.10 Å². The summed E-state index contributed by atoms with van der Waals surface area (Å²) in [5, 5.41) is 6.20. The van der Waals surface area contributed by atoms with E-state index in [1.165, 1.54) is 18.2 Å². The van der Waals surface area contributed by atoms with Crippen molar-refractivity contribution < 1.29 is 8.42 Å². The van der Waals surface area contributed by atoms with Gasteiger partial charge in [0.2, 0.25) is 5.95 Å². The van der Waals surface area contributed by atoms with Gasteiger partial charge in [0.15, 0.2) is 0 Å². The van der Waals surface area contributed by atoms with Gasteiger partial charge in [-0.05, 0) is 18.2 Å². The molecule has 2 aromatic rings. The van der Waals surface area contributed by atoms with Gasteiger partial charge in [-0.3, -0.25) is 0 Å². The van der Waals surface area contributed by atoms with Gasteiger partial charge >= 0.3 is 0 Å². The zero-order chi connectivity index (χ0) is 12.5. The second kappa shape index (κ2) is 4.22. The first kappa shape index (κ1) is 11.7. The fourth-order valence-electron chi connectivity index (χ4n) is 1.13. The summed E-state index contributed by atoms with van der Waals surface area (Å²) in [6, 6.07) is 5.83. The number of nitrogen functional groups attached to an aromatic ring is 1. The maximum absolute atomic E-state index is 11.9. The standard InChI is InChI=1S/C8H8ClN5O2S/c9-5-2-1-3-6(4-5)17(15,16)14-8-11-7(10)12-13-8/h1-4H,(H4,10,11,12,13,14). The Bertz CT molecular complexity index is 639. The third-order valence-electron chi connectivity index (χ3n) is 1.83. The summed E-state index contributed by atoms with van der Waals surface area (Å²) in [7, 11) is -3.76. The SMILES string of the molecule is Nc1nc(NS(=O)(=O)c2cccc(Cl)c2)n[nH]1. The fourth-order valence-corrected chi connectivity index (χ4v) is 2.38. The van der Waals surface area contributed by atoms with Crippen molar-refractivity contribution in [2.45, 2.75) is 4.90 Å². The summed E-state index contributed by atoms with van der Waals surface area (Å²) in [4.78, 5) is 3.65. The van der Waals surface area contributed by atoms with Crippen LogP contribution >= 0.6 is 11.6 Å².